The lowest BCUT2D eigenvalue weighted by molar-refractivity contribution is 0.0528. The third-order valence-corrected chi connectivity index (χ3v) is 4.46. The molecule has 23 heavy (non-hydrogen) atoms. The van der Waals surface area contributed by atoms with Crippen molar-refractivity contribution in [2.45, 2.75) is 78.4 Å². The molecular weight excluding hydrogens is 290 g/mol. The van der Waals surface area contributed by atoms with Crippen molar-refractivity contribution in [1.29, 1.82) is 0 Å². The van der Waals surface area contributed by atoms with Crippen LogP contribution >= 0.6 is 0 Å². The van der Waals surface area contributed by atoms with Gasteiger partial charge in [0.25, 0.3) is 0 Å². The average molecular weight is 321 g/mol. The third-order valence-electron chi connectivity index (χ3n) is 4.46. The number of aromatic nitrogens is 2. The molecule has 1 aromatic rings. The molecule has 1 aliphatic carbocycles. The Morgan fingerprint density at radius 2 is 2.04 bits per heavy atom. The molecule has 1 amide bonds. The van der Waals surface area contributed by atoms with Crippen LogP contribution in [-0.4, -0.2) is 27.8 Å². The highest BCUT2D eigenvalue weighted by molar-refractivity contribution is 5.67. The van der Waals surface area contributed by atoms with Crippen molar-refractivity contribution in [2.75, 3.05) is 6.54 Å². The van der Waals surface area contributed by atoms with Gasteiger partial charge in [0.2, 0.25) is 0 Å². The summed E-state index contributed by atoms with van der Waals surface area (Å²) in [5, 5.41) is 2.82. The topological polar surface area (TPSA) is 56.2 Å². The van der Waals surface area contributed by atoms with Gasteiger partial charge in [0.15, 0.2) is 0 Å². The van der Waals surface area contributed by atoms with Crippen LogP contribution in [0.2, 0.25) is 0 Å². The number of rotatable bonds is 5. The molecule has 1 aliphatic rings. The van der Waals surface area contributed by atoms with Gasteiger partial charge in [-0.15, -0.1) is 0 Å². The first-order valence-corrected chi connectivity index (χ1v) is 8.73. The standard InChI is InChI=1S/C18H31N3O2/c1-17(2,3)23-16(22)20-11-8-15-12-19-14-21(15)13-18(4)9-6-5-7-10-18/h12,14H,5-11,13H2,1-4H3,(H,20,22). The van der Waals surface area contributed by atoms with Gasteiger partial charge in [-0.05, 0) is 39.0 Å². The molecule has 1 fully saturated rings. The van der Waals surface area contributed by atoms with Crippen LogP contribution < -0.4 is 5.32 Å². The molecule has 0 saturated heterocycles. The first kappa shape index (κ1) is 17.8. The van der Waals surface area contributed by atoms with Crippen LogP contribution in [0.3, 0.4) is 0 Å². The molecule has 5 heteroatoms. The summed E-state index contributed by atoms with van der Waals surface area (Å²) in [6.07, 6.45) is 10.9. The number of carbonyl (C=O) groups excluding carboxylic acids is 1. The average Bonchev–Trinajstić information content (AvgIpc) is 2.84. The molecule has 1 aromatic heterocycles. The largest absolute Gasteiger partial charge is 0.444 e. The number of imidazole rings is 1. The predicted molar refractivity (Wildman–Crippen MR) is 91.4 cm³/mol. The van der Waals surface area contributed by atoms with Crippen LogP contribution in [0.5, 0.6) is 0 Å². The lowest BCUT2D eigenvalue weighted by Crippen LogP contribution is -2.34. The third kappa shape index (κ3) is 5.88. The van der Waals surface area contributed by atoms with Gasteiger partial charge in [0, 0.05) is 31.4 Å². The molecule has 0 unspecified atom stereocenters. The second kappa shape index (κ2) is 7.37. The fraction of sp³-hybridized carbons (Fsp3) is 0.778. The van der Waals surface area contributed by atoms with Gasteiger partial charge in [-0.2, -0.15) is 0 Å². The lowest BCUT2D eigenvalue weighted by atomic mass is 9.75. The summed E-state index contributed by atoms with van der Waals surface area (Å²) in [5.74, 6) is 0. The van der Waals surface area contributed by atoms with E-state index >= 15 is 0 Å². The number of alkyl carbamates (subject to hydrolysis) is 1. The molecule has 1 N–H and O–H groups in total. The number of nitrogens with one attached hydrogen (secondary N) is 1. The quantitative estimate of drug-likeness (QED) is 0.894. The van der Waals surface area contributed by atoms with E-state index in [1.54, 1.807) is 0 Å². The predicted octanol–water partition coefficient (Wildman–Crippen LogP) is 3.92. The van der Waals surface area contributed by atoms with Crippen molar-refractivity contribution < 1.29 is 9.53 Å². The zero-order valence-electron chi connectivity index (χ0n) is 15.0. The van der Waals surface area contributed by atoms with Crippen molar-refractivity contribution >= 4 is 6.09 Å². The minimum Gasteiger partial charge on any atom is -0.444 e. The van der Waals surface area contributed by atoms with Gasteiger partial charge in [0.1, 0.15) is 5.60 Å². The molecule has 0 bridgehead atoms. The highest BCUT2D eigenvalue weighted by Gasteiger charge is 2.27. The van der Waals surface area contributed by atoms with Crippen molar-refractivity contribution in [3.8, 4) is 0 Å². The zero-order chi connectivity index (χ0) is 16.9. The van der Waals surface area contributed by atoms with Crippen molar-refractivity contribution in [2.24, 2.45) is 5.41 Å². The molecule has 130 valence electrons. The van der Waals surface area contributed by atoms with Gasteiger partial charge in [-0.25, -0.2) is 9.78 Å². The van der Waals surface area contributed by atoms with E-state index in [0.29, 0.717) is 12.0 Å². The van der Waals surface area contributed by atoms with Crippen LogP contribution in [-0.2, 0) is 17.7 Å². The molecular formula is C18H31N3O2. The highest BCUT2D eigenvalue weighted by Crippen LogP contribution is 2.37. The summed E-state index contributed by atoms with van der Waals surface area (Å²) >= 11 is 0. The smallest absolute Gasteiger partial charge is 0.407 e. The molecule has 0 spiro atoms. The number of nitrogens with zero attached hydrogens (tertiary/aromatic N) is 2. The van der Waals surface area contributed by atoms with Crippen molar-refractivity contribution in [3.05, 3.63) is 18.2 Å². The summed E-state index contributed by atoms with van der Waals surface area (Å²) in [7, 11) is 0. The van der Waals surface area contributed by atoms with Crippen LogP contribution in [0.25, 0.3) is 0 Å². The van der Waals surface area contributed by atoms with Crippen molar-refractivity contribution in [1.82, 2.24) is 14.9 Å². The Bertz CT molecular complexity index is 511. The Morgan fingerprint density at radius 3 is 2.70 bits per heavy atom. The molecule has 0 aliphatic heterocycles. The summed E-state index contributed by atoms with van der Waals surface area (Å²) < 4.78 is 7.50. The first-order valence-electron chi connectivity index (χ1n) is 8.73. The molecule has 2 rings (SSSR count). The molecule has 0 aromatic carbocycles. The maximum Gasteiger partial charge on any atom is 0.407 e. The molecule has 1 saturated carbocycles. The molecule has 1 heterocycles. The van der Waals surface area contributed by atoms with E-state index < -0.39 is 5.60 Å². The Balaban J connectivity index is 1.83. The Hall–Kier alpha value is -1.52. The maximum atomic E-state index is 11.7. The normalized spacial score (nSPS) is 17.7. The Kier molecular flexibility index (Phi) is 5.71. The monoisotopic (exact) mass is 321 g/mol. The fourth-order valence-corrected chi connectivity index (χ4v) is 3.28. The SMILES string of the molecule is CC1(Cn2cncc2CCNC(=O)OC(C)(C)C)CCCCC1. The zero-order valence-corrected chi connectivity index (χ0v) is 15.0. The van der Waals surface area contributed by atoms with Crippen LogP contribution in [0.15, 0.2) is 12.5 Å². The van der Waals surface area contributed by atoms with Gasteiger partial charge in [-0.1, -0.05) is 26.2 Å². The molecule has 0 atom stereocenters. The minimum atomic E-state index is -0.457. The van der Waals surface area contributed by atoms with Crippen LogP contribution in [0.4, 0.5) is 4.79 Å². The van der Waals surface area contributed by atoms with Crippen LogP contribution in [0, 0.1) is 5.41 Å². The fourth-order valence-electron chi connectivity index (χ4n) is 3.28. The van der Waals surface area contributed by atoms with E-state index in [1.807, 2.05) is 33.3 Å². The second-order valence-corrected chi connectivity index (χ2v) is 8.06. The highest BCUT2D eigenvalue weighted by atomic mass is 16.6. The van der Waals surface area contributed by atoms with Crippen LogP contribution in [0.1, 0.15) is 65.5 Å². The molecule has 5 nitrogen and oxygen atoms in total. The summed E-state index contributed by atoms with van der Waals surface area (Å²) in [5.41, 5.74) is 1.10. The second-order valence-electron chi connectivity index (χ2n) is 8.06. The molecule has 0 radical (unpaired) electrons. The summed E-state index contributed by atoms with van der Waals surface area (Å²) in [4.78, 5) is 16.0. The Labute approximate surface area is 139 Å². The van der Waals surface area contributed by atoms with E-state index in [2.05, 4.69) is 21.8 Å². The summed E-state index contributed by atoms with van der Waals surface area (Å²) in [6, 6.07) is 0. The number of hydrogen-bond acceptors (Lipinski definition) is 3. The number of ether oxygens (including phenoxy) is 1. The van der Waals surface area contributed by atoms with Crippen molar-refractivity contribution in [3.63, 3.8) is 0 Å². The first-order chi connectivity index (χ1) is 10.8. The van der Waals surface area contributed by atoms with Gasteiger partial charge in [0.05, 0.1) is 6.33 Å². The van der Waals surface area contributed by atoms with Gasteiger partial charge >= 0.3 is 6.09 Å². The Morgan fingerprint density at radius 1 is 1.35 bits per heavy atom. The number of amides is 1. The van der Waals surface area contributed by atoms with E-state index in [4.69, 9.17) is 4.74 Å². The van der Waals surface area contributed by atoms with Gasteiger partial charge in [-0.3, -0.25) is 0 Å². The lowest BCUT2D eigenvalue weighted by Gasteiger charge is -2.34. The van der Waals surface area contributed by atoms with E-state index in [-0.39, 0.29) is 6.09 Å². The number of hydrogen-bond donors (Lipinski definition) is 1. The number of carbonyl (C=O) groups is 1. The summed E-state index contributed by atoms with van der Waals surface area (Å²) in [6.45, 7) is 9.58. The van der Waals surface area contributed by atoms with Gasteiger partial charge < -0.3 is 14.6 Å². The van der Waals surface area contributed by atoms with E-state index in [1.165, 1.54) is 37.8 Å². The maximum absolute atomic E-state index is 11.7. The van der Waals surface area contributed by atoms with E-state index in [0.717, 1.165) is 13.0 Å². The minimum absolute atomic E-state index is 0.359. The van der Waals surface area contributed by atoms with E-state index in [9.17, 15) is 4.79 Å².